The van der Waals surface area contributed by atoms with Crippen LogP contribution in [0.5, 0.6) is 11.5 Å². The molecule has 0 N–H and O–H groups in total. The van der Waals surface area contributed by atoms with Crippen LogP contribution in [-0.4, -0.2) is 5.78 Å². The van der Waals surface area contributed by atoms with Crippen LogP contribution in [0.2, 0.25) is 0 Å². The van der Waals surface area contributed by atoms with Crippen LogP contribution in [0.15, 0.2) is 36.4 Å². The zero-order valence-electron chi connectivity index (χ0n) is 11.7. The average molecular weight is 323 g/mol. The molecule has 0 radical (unpaired) electrons. The van der Waals surface area contributed by atoms with Crippen molar-refractivity contribution >= 4 is 5.78 Å². The molecule has 0 heterocycles. The molecule has 23 heavy (non-hydrogen) atoms. The lowest BCUT2D eigenvalue weighted by molar-refractivity contribution is -0.137. The number of carbonyl (C=O) groups excluding carboxylic acids is 1. The fourth-order valence-electron chi connectivity index (χ4n) is 1.91. The third-order valence-electron chi connectivity index (χ3n) is 2.97. The highest BCUT2D eigenvalue weighted by atomic mass is 19.4. The van der Waals surface area contributed by atoms with Gasteiger partial charge in [-0.1, -0.05) is 0 Å². The lowest BCUT2D eigenvalue weighted by atomic mass is 10.1. The molecule has 0 unspecified atom stereocenters. The van der Waals surface area contributed by atoms with E-state index in [1.807, 2.05) is 0 Å². The molecule has 0 aliphatic heterocycles. The van der Waals surface area contributed by atoms with Crippen molar-refractivity contribution in [2.45, 2.75) is 13.1 Å². The first-order valence-corrected chi connectivity index (χ1v) is 6.32. The van der Waals surface area contributed by atoms with E-state index in [4.69, 9.17) is 10.00 Å². The van der Waals surface area contributed by atoms with E-state index in [0.29, 0.717) is 6.07 Å². The summed E-state index contributed by atoms with van der Waals surface area (Å²) in [6.45, 7) is 1.18. The van der Waals surface area contributed by atoms with Gasteiger partial charge in [0.15, 0.2) is 5.78 Å². The minimum absolute atomic E-state index is 0.0725. The highest BCUT2D eigenvalue weighted by Crippen LogP contribution is 2.36. The molecule has 0 saturated heterocycles. The van der Waals surface area contributed by atoms with E-state index >= 15 is 0 Å². The van der Waals surface area contributed by atoms with E-state index < -0.39 is 28.9 Å². The number of benzene rings is 2. The second kappa shape index (κ2) is 6.08. The second-order valence-corrected chi connectivity index (χ2v) is 4.62. The molecule has 7 heteroatoms. The van der Waals surface area contributed by atoms with Gasteiger partial charge in [-0.25, -0.2) is 4.39 Å². The maximum Gasteiger partial charge on any atom is 0.417 e. The predicted octanol–water partition coefficient (Wildman–Crippen LogP) is 4.71. The number of nitriles is 1. The van der Waals surface area contributed by atoms with Crippen LogP contribution in [-0.2, 0) is 6.18 Å². The topological polar surface area (TPSA) is 50.1 Å². The standard InChI is InChI=1S/C16H9F4NO2/c1-9(22)13-6-11(17)3-5-15(13)23-12-4-2-10(8-21)14(7-12)16(18,19)20/h2-7H,1H3. The summed E-state index contributed by atoms with van der Waals surface area (Å²) in [5, 5.41) is 8.73. The van der Waals surface area contributed by atoms with Crippen molar-refractivity contribution in [1.29, 1.82) is 5.26 Å². The van der Waals surface area contributed by atoms with Crippen LogP contribution in [0.1, 0.15) is 28.4 Å². The summed E-state index contributed by atoms with van der Waals surface area (Å²) < 4.78 is 57.1. The summed E-state index contributed by atoms with van der Waals surface area (Å²) in [5.74, 6) is -1.45. The highest BCUT2D eigenvalue weighted by molar-refractivity contribution is 5.96. The summed E-state index contributed by atoms with van der Waals surface area (Å²) in [7, 11) is 0. The Kier molecular flexibility index (Phi) is 4.36. The summed E-state index contributed by atoms with van der Waals surface area (Å²) >= 11 is 0. The van der Waals surface area contributed by atoms with Crippen molar-refractivity contribution in [2.24, 2.45) is 0 Å². The van der Waals surface area contributed by atoms with Crippen LogP contribution in [0, 0.1) is 17.1 Å². The first kappa shape index (κ1) is 16.5. The highest BCUT2D eigenvalue weighted by Gasteiger charge is 2.34. The third-order valence-corrected chi connectivity index (χ3v) is 2.97. The van der Waals surface area contributed by atoms with Crippen molar-refractivity contribution < 1.29 is 27.1 Å². The Hall–Kier alpha value is -2.88. The zero-order chi connectivity index (χ0) is 17.2. The second-order valence-electron chi connectivity index (χ2n) is 4.62. The quantitative estimate of drug-likeness (QED) is 0.607. The average Bonchev–Trinajstić information content (AvgIpc) is 2.48. The molecule has 0 amide bonds. The Morgan fingerprint density at radius 1 is 1.17 bits per heavy atom. The zero-order valence-corrected chi connectivity index (χ0v) is 11.7. The molecular formula is C16H9F4NO2. The van der Waals surface area contributed by atoms with Crippen LogP contribution < -0.4 is 4.74 Å². The molecule has 0 aliphatic rings. The minimum Gasteiger partial charge on any atom is -0.457 e. The summed E-state index contributed by atoms with van der Waals surface area (Å²) in [4.78, 5) is 11.5. The van der Waals surface area contributed by atoms with Gasteiger partial charge in [-0.15, -0.1) is 0 Å². The molecule has 2 aromatic rings. The van der Waals surface area contributed by atoms with Crippen molar-refractivity contribution in [3.8, 4) is 17.6 Å². The number of ether oxygens (including phenoxy) is 1. The van der Waals surface area contributed by atoms with Crippen LogP contribution in [0.25, 0.3) is 0 Å². The number of alkyl halides is 3. The predicted molar refractivity (Wildman–Crippen MR) is 72.6 cm³/mol. The maximum atomic E-state index is 13.2. The number of carbonyl (C=O) groups is 1. The smallest absolute Gasteiger partial charge is 0.417 e. The number of nitrogens with zero attached hydrogens (tertiary/aromatic N) is 1. The molecule has 2 aromatic carbocycles. The molecule has 0 spiro atoms. The van der Waals surface area contributed by atoms with Crippen molar-refractivity contribution in [1.82, 2.24) is 0 Å². The number of ketones is 1. The van der Waals surface area contributed by atoms with Gasteiger partial charge in [0.05, 0.1) is 22.8 Å². The van der Waals surface area contributed by atoms with Gasteiger partial charge in [0, 0.05) is 0 Å². The Morgan fingerprint density at radius 3 is 2.43 bits per heavy atom. The molecule has 118 valence electrons. The van der Waals surface area contributed by atoms with E-state index in [1.165, 1.54) is 19.1 Å². The lowest BCUT2D eigenvalue weighted by Gasteiger charge is -2.13. The van der Waals surface area contributed by atoms with Gasteiger partial charge in [-0.2, -0.15) is 18.4 Å². The van der Waals surface area contributed by atoms with Crippen LogP contribution in [0.3, 0.4) is 0 Å². The Morgan fingerprint density at radius 2 is 1.87 bits per heavy atom. The Labute approximate surface area is 128 Å². The third kappa shape index (κ3) is 3.66. The first-order chi connectivity index (χ1) is 10.7. The molecule has 0 bridgehead atoms. The molecule has 0 aliphatic carbocycles. The largest absolute Gasteiger partial charge is 0.457 e. The Balaban J connectivity index is 2.46. The van der Waals surface area contributed by atoms with Crippen molar-refractivity contribution in [3.63, 3.8) is 0 Å². The fraction of sp³-hybridized carbons (Fsp3) is 0.125. The SMILES string of the molecule is CC(=O)c1cc(F)ccc1Oc1ccc(C#N)c(C(F)(F)F)c1. The van der Waals surface area contributed by atoms with Gasteiger partial charge < -0.3 is 4.74 Å². The summed E-state index contributed by atoms with van der Waals surface area (Å²) in [6.07, 6.45) is -4.73. The number of rotatable bonds is 3. The normalized spacial score (nSPS) is 11.0. The molecule has 0 fully saturated rings. The van der Waals surface area contributed by atoms with E-state index in [0.717, 1.165) is 24.3 Å². The number of hydrogen-bond acceptors (Lipinski definition) is 3. The molecule has 2 rings (SSSR count). The van der Waals surface area contributed by atoms with Gasteiger partial charge in [-0.05, 0) is 43.3 Å². The summed E-state index contributed by atoms with van der Waals surface area (Å²) in [5.41, 5.74) is -1.79. The fourth-order valence-corrected chi connectivity index (χ4v) is 1.91. The van der Waals surface area contributed by atoms with Crippen LogP contribution >= 0.6 is 0 Å². The van der Waals surface area contributed by atoms with E-state index in [9.17, 15) is 22.4 Å². The number of Topliss-reactive ketones (excluding diaryl/α,β-unsaturated/α-hetero) is 1. The minimum atomic E-state index is -4.73. The monoisotopic (exact) mass is 323 g/mol. The molecule has 0 aromatic heterocycles. The van der Waals surface area contributed by atoms with E-state index in [2.05, 4.69) is 0 Å². The molecule has 3 nitrogen and oxygen atoms in total. The van der Waals surface area contributed by atoms with E-state index in [-0.39, 0.29) is 17.1 Å². The van der Waals surface area contributed by atoms with Crippen LogP contribution in [0.4, 0.5) is 17.6 Å². The lowest BCUT2D eigenvalue weighted by Crippen LogP contribution is -2.08. The molecule has 0 saturated carbocycles. The molecule has 0 atom stereocenters. The Bertz CT molecular complexity index is 807. The van der Waals surface area contributed by atoms with Crippen molar-refractivity contribution in [2.75, 3.05) is 0 Å². The van der Waals surface area contributed by atoms with E-state index in [1.54, 1.807) is 0 Å². The van der Waals surface area contributed by atoms with Gasteiger partial charge in [-0.3, -0.25) is 4.79 Å². The van der Waals surface area contributed by atoms with Gasteiger partial charge in [0.25, 0.3) is 0 Å². The number of halogens is 4. The number of hydrogen-bond donors (Lipinski definition) is 0. The van der Waals surface area contributed by atoms with Gasteiger partial charge in [0.2, 0.25) is 0 Å². The molecular weight excluding hydrogens is 314 g/mol. The van der Waals surface area contributed by atoms with Crippen molar-refractivity contribution in [3.05, 3.63) is 58.9 Å². The van der Waals surface area contributed by atoms with Gasteiger partial charge in [0.1, 0.15) is 17.3 Å². The summed E-state index contributed by atoms with van der Waals surface area (Å²) in [6, 6.07) is 7.36. The first-order valence-electron chi connectivity index (χ1n) is 6.32. The maximum absolute atomic E-state index is 13.2. The van der Waals surface area contributed by atoms with Gasteiger partial charge >= 0.3 is 6.18 Å².